The Labute approximate surface area is 155 Å². The van der Waals surface area contributed by atoms with Crippen LogP contribution in [-0.2, 0) is 0 Å². The Kier molecular flexibility index (Phi) is 5.14. The number of anilines is 3. The molecule has 0 bridgehead atoms. The minimum Gasteiger partial charge on any atom is -0.354 e. The molecule has 3 aromatic rings. The van der Waals surface area contributed by atoms with Crippen LogP contribution in [0.1, 0.15) is 15.9 Å². The highest BCUT2D eigenvalue weighted by Crippen LogP contribution is 2.24. The summed E-state index contributed by atoms with van der Waals surface area (Å²) in [7, 11) is 1.76. The third-order valence-corrected chi connectivity index (χ3v) is 4.75. The Balaban J connectivity index is 1.81. The number of aromatic nitrogens is 1. The zero-order valence-electron chi connectivity index (χ0n) is 14.0. The van der Waals surface area contributed by atoms with Gasteiger partial charge in [-0.1, -0.05) is 40.2 Å². The molecule has 0 fully saturated rings. The number of carbonyl (C=O) groups excluding carboxylic acids is 1. The van der Waals surface area contributed by atoms with Crippen molar-refractivity contribution in [2.24, 2.45) is 0 Å². The second kappa shape index (κ2) is 7.49. The Hall–Kier alpha value is -2.66. The van der Waals surface area contributed by atoms with E-state index >= 15 is 0 Å². The number of hydrogen-bond donors (Lipinski definition) is 1. The van der Waals surface area contributed by atoms with E-state index in [0.717, 1.165) is 27.1 Å². The van der Waals surface area contributed by atoms with Crippen LogP contribution in [0.3, 0.4) is 0 Å². The van der Waals surface area contributed by atoms with Gasteiger partial charge in [-0.2, -0.15) is 0 Å². The van der Waals surface area contributed by atoms with Crippen molar-refractivity contribution < 1.29 is 4.79 Å². The molecular weight excluding hydrogens is 378 g/mol. The molecule has 1 heterocycles. The highest BCUT2D eigenvalue weighted by Gasteiger charge is 2.14. The second-order valence-corrected chi connectivity index (χ2v) is 6.61. The number of pyridine rings is 1. The number of hydrogen-bond acceptors (Lipinski definition) is 3. The minimum atomic E-state index is -0.104. The third kappa shape index (κ3) is 4.06. The molecule has 2 aromatic carbocycles. The maximum atomic E-state index is 12.7. The molecule has 1 amide bonds. The lowest BCUT2D eigenvalue weighted by Gasteiger charge is -2.17. The van der Waals surface area contributed by atoms with Crippen molar-refractivity contribution in [1.29, 1.82) is 0 Å². The second-order valence-electron chi connectivity index (χ2n) is 5.75. The van der Waals surface area contributed by atoms with Crippen molar-refractivity contribution in [3.05, 3.63) is 82.6 Å². The molecule has 0 aliphatic heterocycles. The van der Waals surface area contributed by atoms with E-state index in [1.807, 2.05) is 61.5 Å². The molecule has 0 unspecified atom stereocenters. The highest BCUT2D eigenvalue weighted by molar-refractivity contribution is 9.10. The van der Waals surface area contributed by atoms with E-state index < -0.39 is 0 Å². The Bertz CT molecular complexity index is 896. The fraction of sp³-hybridized carbons (Fsp3) is 0.100. The molecule has 0 aliphatic rings. The van der Waals surface area contributed by atoms with Crippen LogP contribution in [0, 0.1) is 6.92 Å². The van der Waals surface area contributed by atoms with Gasteiger partial charge >= 0.3 is 0 Å². The molecular formula is C20H18BrN3O. The number of aryl methyl sites for hydroxylation is 1. The summed E-state index contributed by atoms with van der Waals surface area (Å²) < 4.78 is 1.03. The van der Waals surface area contributed by atoms with Crippen LogP contribution in [-0.4, -0.2) is 17.9 Å². The number of nitrogens with zero attached hydrogens (tertiary/aromatic N) is 2. The van der Waals surface area contributed by atoms with Gasteiger partial charge in [0.05, 0.1) is 17.4 Å². The lowest BCUT2D eigenvalue weighted by atomic mass is 10.2. The maximum Gasteiger partial charge on any atom is 0.259 e. The predicted molar refractivity (Wildman–Crippen MR) is 106 cm³/mol. The van der Waals surface area contributed by atoms with Crippen molar-refractivity contribution in [2.45, 2.75) is 6.92 Å². The van der Waals surface area contributed by atoms with E-state index in [1.165, 1.54) is 0 Å². The van der Waals surface area contributed by atoms with Gasteiger partial charge in [0.2, 0.25) is 0 Å². The Morgan fingerprint density at radius 1 is 1.04 bits per heavy atom. The number of carbonyl (C=O) groups is 1. The normalized spacial score (nSPS) is 10.4. The maximum absolute atomic E-state index is 12.7. The van der Waals surface area contributed by atoms with Crippen molar-refractivity contribution in [2.75, 3.05) is 17.3 Å². The first-order chi connectivity index (χ1) is 12.0. The van der Waals surface area contributed by atoms with Crippen molar-refractivity contribution in [1.82, 2.24) is 4.98 Å². The van der Waals surface area contributed by atoms with Crippen LogP contribution in [0.4, 0.5) is 17.1 Å². The van der Waals surface area contributed by atoms with Crippen LogP contribution >= 0.6 is 15.9 Å². The lowest BCUT2D eigenvalue weighted by Crippen LogP contribution is -2.26. The van der Waals surface area contributed by atoms with Gasteiger partial charge in [-0.3, -0.25) is 9.78 Å². The fourth-order valence-electron chi connectivity index (χ4n) is 2.43. The number of halogens is 1. The molecule has 0 radical (unpaired) electrons. The van der Waals surface area contributed by atoms with E-state index in [9.17, 15) is 4.79 Å². The van der Waals surface area contributed by atoms with E-state index in [-0.39, 0.29) is 5.91 Å². The first-order valence-electron chi connectivity index (χ1n) is 7.86. The molecule has 25 heavy (non-hydrogen) atoms. The number of amides is 1. The summed E-state index contributed by atoms with van der Waals surface area (Å²) >= 11 is 3.53. The van der Waals surface area contributed by atoms with Crippen LogP contribution in [0.15, 0.2) is 71.5 Å². The third-order valence-electron chi connectivity index (χ3n) is 3.89. The summed E-state index contributed by atoms with van der Waals surface area (Å²) in [5.74, 6) is -0.104. The number of rotatable bonds is 4. The van der Waals surface area contributed by atoms with E-state index in [4.69, 9.17) is 0 Å². The summed E-state index contributed by atoms with van der Waals surface area (Å²) in [6.45, 7) is 2.04. The number of benzene rings is 2. The van der Waals surface area contributed by atoms with E-state index in [1.54, 1.807) is 24.3 Å². The van der Waals surface area contributed by atoms with Gasteiger partial charge in [0.1, 0.15) is 0 Å². The fourth-order valence-corrected chi connectivity index (χ4v) is 2.80. The summed E-state index contributed by atoms with van der Waals surface area (Å²) in [6, 6.07) is 17.4. The monoisotopic (exact) mass is 395 g/mol. The average molecular weight is 396 g/mol. The summed E-state index contributed by atoms with van der Waals surface area (Å²) in [5, 5.41) is 3.28. The van der Waals surface area contributed by atoms with Crippen LogP contribution in [0.2, 0.25) is 0 Å². The number of para-hydroxylation sites is 1. The summed E-state index contributed by atoms with van der Waals surface area (Å²) in [4.78, 5) is 18.5. The van der Waals surface area contributed by atoms with Gasteiger partial charge in [0, 0.05) is 29.1 Å². The smallest absolute Gasteiger partial charge is 0.259 e. The standard InChI is InChI=1S/C20H18BrN3O/c1-14-8-9-16(11-19(14)21)23-17-10-15(12-22-13-17)20(25)24(2)18-6-4-3-5-7-18/h3-13,23H,1-2H3. The van der Waals surface area contributed by atoms with Crippen molar-refractivity contribution >= 4 is 38.9 Å². The molecule has 5 heteroatoms. The van der Waals surface area contributed by atoms with Gasteiger partial charge in [-0.25, -0.2) is 0 Å². The molecule has 126 valence electrons. The van der Waals surface area contributed by atoms with Crippen LogP contribution in [0.5, 0.6) is 0 Å². The van der Waals surface area contributed by atoms with Gasteiger partial charge in [-0.15, -0.1) is 0 Å². The Morgan fingerprint density at radius 3 is 2.52 bits per heavy atom. The molecule has 3 rings (SSSR count). The molecule has 0 atom stereocenters. The SMILES string of the molecule is Cc1ccc(Nc2cncc(C(=O)N(C)c3ccccc3)c2)cc1Br. The highest BCUT2D eigenvalue weighted by atomic mass is 79.9. The molecule has 0 saturated carbocycles. The van der Waals surface area contributed by atoms with Gasteiger partial charge < -0.3 is 10.2 Å². The lowest BCUT2D eigenvalue weighted by molar-refractivity contribution is 0.0992. The van der Waals surface area contributed by atoms with Crippen LogP contribution < -0.4 is 10.2 Å². The molecule has 0 saturated heterocycles. The van der Waals surface area contributed by atoms with Gasteiger partial charge in [0.15, 0.2) is 0 Å². The quantitative estimate of drug-likeness (QED) is 0.662. The predicted octanol–water partition coefficient (Wildman–Crippen LogP) is 5.17. The molecule has 1 aromatic heterocycles. The Morgan fingerprint density at radius 2 is 1.80 bits per heavy atom. The van der Waals surface area contributed by atoms with Crippen LogP contribution in [0.25, 0.3) is 0 Å². The first kappa shape index (κ1) is 17.2. The summed E-state index contributed by atoms with van der Waals surface area (Å²) in [6.07, 6.45) is 3.28. The minimum absolute atomic E-state index is 0.104. The first-order valence-corrected chi connectivity index (χ1v) is 8.65. The van der Waals surface area contributed by atoms with Crippen molar-refractivity contribution in [3.8, 4) is 0 Å². The molecule has 0 spiro atoms. The van der Waals surface area contributed by atoms with Crippen molar-refractivity contribution in [3.63, 3.8) is 0 Å². The molecule has 1 N–H and O–H groups in total. The molecule has 0 aliphatic carbocycles. The van der Waals surface area contributed by atoms with E-state index in [2.05, 4.69) is 26.2 Å². The number of nitrogens with one attached hydrogen (secondary N) is 1. The zero-order valence-corrected chi connectivity index (χ0v) is 15.6. The largest absolute Gasteiger partial charge is 0.354 e. The van der Waals surface area contributed by atoms with Gasteiger partial charge in [0.25, 0.3) is 5.91 Å². The summed E-state index contributed by atoms with van der Waals surface area (Å²) in [5.41, 5.74) is 4.23. The van der Waals surface area contributed by atoms with E-state index in [0.29, 0.717) is 5.56 Å². The van der Waals surface area contributed by atoms with Gasteiger partial charge in [-0.05, 0) is 42.8 Å². The molecule has 4 nitrogen and oxygen atoms in total. The average Bonchev–Trinajstić information content (AvgIpc) is 2.64. The zero-order chi connectivity index (χ0) is 17.8. The topological polar surface area (TPSA) is 45.2 Å².